The molecule has 10 heavy (non-hydrogen) atoms. The average Bonchev–Trinajstić information content (AvgIpc) is 1.88. The maximum Gasteiger partial charge on any atom is 0.116 e. The zero-order valence-electron chi connectivity index (χ0n) is 5.11. The zero-order chi connectivity index (χ0) is 6.69. The molecule has 0 saturated carbocycles. The van der Waals surface area contributed by atoms with Gasteiger partial charge in [-0.05, 0) is 18.2 Å². The van der Waals surface area contributed by atoms with Crippen molar-refractivity contribution in [3.8, 4) is 11.8 Å². The second kappa shape index (κ2) is 3.76. The molecule has 0 fully saturated rings. The van der Waals surface area contributed by atoms with Crippen LogP contribution in [-0.2, 0) is 0 Å². The Morgan fingerprint density at radius 2 is 2.10 bits per heavy atom. The molecule has 2 nitrogen and oxygen atoms in total. The lowest BCUT2D eigenvalue weighted by molar-refractivity contribution is 0.475. The van der Waals surface area contributed by atoms with Crippen LogP contribution < -0.4 is 0 Å². The Labute approximate surface area is 65.1 Å². The van der Waals surface area contributed by atoms with Gasteiger partial charge in [-0.25, -0.2) is 0 Å². The molecule has 0 heterocycles. The first-order valence-electron chi connectivity index (χ1n) is 2.52. The van der Waals surface area contributed by atoms with Crippen LogP contribution in [0.2, 0.25) is 0 Å². The molecule has 0 aliphatic heterocycles. The van der Waals surface area contributed by atoms with E-state index in [0.717, 1.165) is 0 Å². The molecule has 1 rings (SSSR count). The number of phenols is 1. The molecule has 0 aromatic heterocycles. The van der Waals surface area contributed by atoms with E-state index in [1.165, 1.54) is 12.1 Å². The van der Waals surface area contributed by atoms with E-state index in [1.807, 2.05) is 6.07 Å². The summed E-state index contributed by atoms with van der Waals surface area (Å²) < 4.78 is 0. The molecule has 1 N–H and O–H groups in total. The largest absolute Gasteiger partial charge is 0.508 e. The number of aromatic hydroxyl groups is 1. The van der Waals surface area contributed by atoms with Gasteiger partial charge in [0.1, 0.15) is 5.75 Å². The smallest absolute Gasteiger partial charge is 0.116 e. The average molecular weight is 156 g/mol. The molecule has 0 saturated heterocycles. The van der Waals surface area contributed by atoms with Crippen LogP contribution in [0.5, 0.6) is 5.75 Å². The van der Waals surface area contributed by atoms with Gasteiger partial charge in [0.05, 0.1) is 11.6 Å². The van der Waals surface area contributed by atoms with Crippen LogP contribution in [0.3, 0.4) is 0 Å². The van der Waals surface area contributed by atoms with Crippen LogP contribution in [0, 0.1) is 11.3 Å². The minimum Gasteiger partial charge on any atom is -0.508 e. The van der Waals surface area contributed by atoms with Gasteiger partial charge in [0, 0.05) is 0 Å². The van der Waals surface area contributed by atoms with Crippen LogP contribution in [0.1, 0.15) is 5.56 Å². The minimum atomic E-state index is 0. The third-order valence-corrected chi connectivity index (χ3v) is 0.975. The van der Waals surface area contributed by atoms with Crippen LogP contribution in [0.25, 0.3) is 0 Å². The summed E-state index contributed by atoms with van der Waals surface area (Å²) >= 11 is 0. The predicted molar refractivity (Wildman–Crippen MR) is 40.1 cm³/mol. The fourth-order valence-electron chi connectivity index (χ4n) is 0.575. The van der Waals surface area contributed by atoms with Crippen molar-refractivity contribution in [3.05, 3.63) is 29.8 Å². The molecule has 52 valence electrons. The fraction of sp³-hybridized carbons (Fsp3) is 0. The molecule has 0 atom stereocenters. The second-order valence-electron chi connectivity index (χ2n) is 1.66. The first-order chi connectivity index (χ1) is 4.33. The Bertz CT molecular complexity index is 254. The summed E-state index contributed by atoms with van der Waals surface area (Å²) in [4.78, 5) is 0. The molecular weight excluding hydrogens is 150 g/mol. The third kappa shape index (κ3) is 1.96. The van der Waals surface area contributed by atoms with Gasteiger partial charge in [-0.3, -0.25) is 0 Å². The van der Waals surface area contributed by atoms with E-state index in [0.29, 0.717) is 5.56 Å². The van der Waals surface area contributed by atoms with E-state index in [9.17, 15) is 0 Å². The van der Waals surface area contributed by atoms with Crippen molar-refractivity contribution in [2.45, 2.75) is 0 Å². The number of hydrogen-bond acceptors (Lipinski definition) is 2. The zero-order valence-corrected chi connectivity index (χ0v) is 5.93. The van der Waals surface area contributed by atoms with Crippen molar-refractivity contribution in [1.82, 2.24) is 0 Å². The fourth-order valence-corrected chi connectivity index (χ4v) is 0.575. The lowest BCUT2D eigenvalue weighted by atomic mass is 10.2. The summed E-state index contributed by atoms with van der Waals surface area (Å²) in [6, 6.07) is 8.12. The van der Waals surface area contributed by atoms with Crippen LogP contribution in [0.4, 0.5) is 0 Å². The highest BCUT2D eigenvalue weighted by molar-refractivity contribution is 5.85. The molecule has 0 bridgehead atoms. The molecule has 0 spiro atoms. The summed E-state index contributed by atoms with van der Waals surface area (Å²) in [6.45, 7) is 0. The van der Waals surface area contributed by atoms with Crippen LogP contribution in [0.15, 0.2) is 24.3 Å². The van der Waals surface area contributed by atoms with Gasteiger partial charge in [0.2, 0.25) is 0 Å². The predicted octanol–water partition coefficient (Wildman–Crippen LogP) is 1.69. The lowest BCUT2D eigenvalue weighted by Gasteiger charge is -1.87. The van der Waals surface area contributed by atoms with Crippen molar-refractivity contribution in [2.24, 2.45) is 0 Å². The number of benzene rings is 1. The van der Waals surface area contributed by atoms with Crippen LogP contribution >= 0.6 is 12.4 Å². The topological polar surface area (TPSA) is 44.0 Å². The van der Waals surface area contributed by atoms with Crippen molar-refractivity contribution < 1.29 is 5.11 Å². The van der Waals surface area contributed by atoms with E-state index < -0.39 is 0 Å². The Hall–Kier alpha value is -1.20. The SMILES string of the molecule is Cl.N#Cc1cccc(O)c1. The number of nitriles is 1. The number of halogens is 1. The minimum absolute atomic E-state index is 0. The molecule has 0 aliphatic carbocycles. The highest BCUT2D eigenvalue weighted by Crippen LogP contribution is 2.08. The van der Waals surface area contributed by atoms with E-state index in [-0.39, 0.29) is 18.2 Å². The number of hydrogen-bond donors (Lipinski definition) is 1. The van der Waals surface area contributed by atoms with Gasteiger partial charge in [0.25, 0.3) is 0 Å². The summed E-state index contributed by atoms with van der Waals surface area (Å²) in [6.07, 6.45) is 0. The standard InChI is InChI=1S/C7H5NO.ClH/c8-5-6-2-1-3-7(9)4-6;/h1-4,9H;1H. The summed E-state index contributed by atoms with van der Waals surface area (Å²) in [5, 5.41) is 17.1. The molecule has 1 aromatic carbocycles. The van der Waals surface area contributed by atoms with Gasteiger partial charge in [0.15, 0.2) is 0 Å². The first-order valence-corrected chi connectivity index (χ1v) is 2.52. The molecular formula is C7H6ClNO. The third-order valence-electron chi connectivity index (χ3n) is 0.975. The molecule has 0 radical (unpaired) electrons. The molecule has 3 heteroatoms. The number of nitrogens with zero attached hydrogens (tertiary/aromatic N) is 1. The monoisotopic (exact) mass is 155 g/mol. The van der Waals surface area contributed by atoms with Crippen LogP contribution in [-0.4, -0.2) is 5.11 Å². The molecule has 0 unspecified atom stereocenters. The summed E-state index contributed by atoms with van der Waals surface area (Å²) in [5.74, 6) is 0.133. The first kappa shape index (κ1) is 8.80. The Kier molecular flexibility index (Phi) is 3.30. The number of phenolic OH excluding ortho intramolecular Hbond substituents is 1. The summed E-state index contributed by atoms with van der Waals surface area (Å²) in [7, 11) is 0. The quantitative estimate of drug-likeness (QED) is 0.620. The molecule has 0 amide bonds. The Morgan fingerprint density at radius 1 is 1.40 bits per heavy atom. The Morgan fingerprint density at radius 3 is 2.50 bits per heavy atom. The van der Waals surface area contributed by atoms with Crippen molar-refractivity contribution >= 4 is 12.4 Å². The second-order valence-corrected chi connectivity index (χ2v) is 1.66. The van der Waals surface area contributed by atoms with Gasteiger partial charge in [-0.15, -0.1) is 12.4 Å². The number of rotatable bonds is 0. The van der Waals surface area contributed by atoms with Crippen molar-refractivity contribution in [1.29, 1.82) is 5.26 Å². The highest BCUT2D eigenvalue weighted by Gasteiger charge is 1.88. The maximum absolute atomic E-state index is 8.79. The Balaban J connectivity index is 0.000000810. The van der Waals surface area contributed by atoms with Gasteiger partial charge in [-0.2, -0.15) is 5.26 Å². The van der Waals surface area contributed by atoms with Gasteiger partial charge >= 0.3 is 0 Å². The van der Waals surface area contributed by atoms with E-state index in [1.54, 1.807) is 12.1 Å². The normalized spacial score (nSPS) is 7.50. The van der Waals surface area contributed by atoms with Gasteiger partial charge < -0.3 is 5.11 Å². The van der Waals surface area contributed by atoms with E-state index in [4.69, 9.17) is 10.4 Å². The summed E-state index contributed by atoms with van der Waals surface area (Å²) in [5.41, 5.74) is 0.481. The lowest BCUT2D eigenvalue weighted by Crippen LogP contribution is -1.69. The van der Waals surface area contributed by atoms with Gasteiger partial charge in [-0.1, -0.05) is 6.07 Å². The highest BCUT2D eigenvalue weighted by atomic mass is 35.5. The van der Waals surface area contributed by atoms with E-state index in [2.05, 4.69) is 0 Å². The van der Waals surface area contributed by atoms with Crippen molar-refractivity contribution in [2.75, 3.05) is 0 Å². The molecule has 1 aromatic rings. The molecule has 0 aliphatic rings. The van der Waals surface area contributed by atoms with E-state index >= 15 is 0 Å². The van der Waals surface area contributed by atoms with Crippen molar-refractivity contribution in [3.63, 3.8) is 0 Å². The maximum atomic E-state index is 8.79.